The first-order valence-corrected chi connectivity index (χ1v) is 8.94. The van der Waals surface area contributed by atoms with Gasteiger partial charge in [0, 0.05) is 35.3 Å². The zero-order valence-electron chi connectivity index (χ0n) is 11.3. The van der Waals surface area contributed by atoms with Gasteiger partial charge in [0.2, 0.25) is 10.0 Å². The van der Waals surface area contributed by atoms with Crippen LogP contribution in [0.25, 0.3) is 11.0 Å². The first-order valence-electron chi connectivity index (χ1n) is 6.71. The number of carboxylic acid groups (broad SMARTS) is 1. The summed E-state index contributed by atoms with van der Waals surface area (Å²) in [7, 11) is -3.73. The van der Waals surface area contributed by atoms with Crippen LogP contribution in [0.2, 0.25) is 0 Å². The van der Waals surface area contributed by atoms with Gasteiger partial charge in [-0.15, -0.1) is 0 Å². The summed E-state index contributed by atoms with van der Waals surface area (Å²) in [5.74, 6) is -0.978. The van der Waals surface area contributed by atoms with E-state index >= 15 is 0 Å². The number of carbonyl (C=O) groups is 1. The number of sulfonamides is 1. The minimum absolute atomic E-state index is 0.0451. The van der Waals surface area contributed by atoms with Gasteiger partial charge in [-0.3, -0.25) is 4.79 Å². The molecule has 2 atom stereocenters. The lowest BCUT2D eigenvalue weighted by Crippen LogP contribution is -2.33. The Morgan fingerprint density at radius 2 is 2.32 bits per heavy atom. The Morgan fingerprint density at radius 1 is 1.55 bits per heavy atom. The largest absolute Gasteiger partial charge is 0.481 e. The lowest BCUT2D eigenvalue weighted by Gasteiger charge is -2.18. The van der Waals surface area contributed by atoms with E-state index in [9.17, 15) is 18.3 Å². The van der Waals surface area contributed by atoms with Gasteiger partial charge in [0.1, 0.15) is 10.5 Å². The second kappa shape index (κ2) is 4.30. The molecule has 116 valence electrons. The topological polar surface area (TPSA) is 103 Å². The monoisotopic (exact) mass is 385 g/mol. The van der Waals surface area contributed by atoms with Crippen LogP contribution in [0.3, 0.4) is 0 Å². The zero-order valence-corrected chi connectivity index (χ0v) is 13.7. The normalized spacial score (nSPS) is 28.0. The number of carboxylic acids is 1. The predicted molar refractivity (Wildman–Crippen MR) is 80.7 cm³/mol. The third-order valence-corrected chi connectivity index (χ3v) is 6.90. The predicted octanol–water partition coefficient (Wildman–Crippen LogP) is 1.42. The quantitative estimate of drug-likeness (QED) is 0.831. The molecule has 9 heteroatoms. The van der Waals surface area contributed by atoms with Crippen LogP contribution in [0.1, 0.15) is 6.42 Å². The van der Waals surface area contributed by atoms with Crippen LogP contribution >= 0.6 is 15.9 Å². The third-order valence-electron chi connectivity index (χ3n) is 4.62. The number of H-pyrrole nitrogens is 1. The highest BCUT2D eigenvalue weighted by molar-refractivity contribution is 9.10. The number of nitrogens with zero attached hydrogens (tertiary/aromatic N) is 2. The van der Waals surface area contributed by atoms with Crippen molar-refractivity contribution < 1.29 is 18.3 Å². The summed E-state index contributed by atoms with van der Waals surface area (Å²) in [5.41, 5.74) is -0.392. The number of halogens is 1. The molecule has 4 rings (SSSR count). The average molecular weight is 386 g/mol. The van der Waals surface area contributed by atoms with Crippen molar-refractivity contribution in [3.05, 3.63) is 22.9 Å². The SMILES string of the molecule is O=C(O)C12CC1CN(S(=O)(=O)c1c[nH]c3ncc(Br)cc13)C2. The Balaban J connectivity index is 1.75. The van der Waals surface area contributed by atoms with Gasteiger partial charge in [0.05, 0.1) is 5.41 Å². The summed E-state index contributed by atoms with van der Waals surface area (Å²) >= 11 is 3.28. The van der Waals surface area contributed by atoms with Crippen molar-refractivity contribution >= 4 is 43.0 Å². The molecule has 2 aromatic heterocycles. The minimum atomic E-state index is -3.73. The summed E-state index contributed by atoms with van der Waals surface area (Å²) in [5, 5.41) is 9.79. The lowest BCUT2D eigenvalue weighted by atomic mass is 10.1. The van der Waals surface area contributed by atoms with Gasteiger partial charge in [-0.1, -0.05) is 0 Å². The van der Waals surface area contributed by atoms with Gasteiger partial charge in [-0.25, -0.2) is 13.4 Å². The average Bonchev–Trinajstić information content (AvgIpc) is 2.84. The fourth-order valence-electron chi connectivity index (χ4n) is 3.26. The molecule has 2 aliphatic rings. The Kier molecular flexibility index (Phi) is 2.77. The molecule has 7 nitrogen and oxygen atoms in total. The number of pyridine rings is 1. The fraction of sp³-hybridized carbons (Fsp3) is 0.385. The molecule has 2 aromatic rings. The molecule has 0 radical (unpaired) electrons. The van der Waals surface area contributed by atoms with Crippen molar-refractivity contribution in [2.75, 3.05) is 13.1 Å². The second-order valence-electron chi connectivity index (χ2n) is 5.86. The van der Waals surface area contributed by atoms with Crippen molar-refractivity contribution in [3.63, 3.8) is 0 Å². The number of hydrogen-bond acceptors (Lipinski definition) is 4. The van der Waals surface area contributed by atoms with Gasteiger partial charge >= 0.3 is 5.97 Å². The van der Waals surface area contributed by atoms with E-state index in [0.717, 1.165) is 0 Å². The molecule has 2 fully saturated rings. The fourth-order valence-corrected chi connectivity index (χ4v) is 5.29. The van der Waals surface area contributed by atoms with E-state index in [-0.39, 0.29) is 23.9 Å². The van der Waals surface area contributed by atoms with Gasteiger partial charge in [0.15, 0.2) is 0 Å². The Labute approximate surface area is 134 Å². The Morgan fingerprint density at radius 3 is 3.00 bits per heavy atom. The van der Waals surface area contributed by atoms with Crippen molar-refractivity contribution in [3.8, 4) is 0 Å². The van der Waals surface area contributed by atoms with Crippen LogP contribution in [-0.4, -0.2) is 46.9 Å². The van der Waals surface area contributed by atoms with Crippen LogP contribution in [0, 0.1) is 11.3 Å². The molecule has 1 saturated heterocycles. The third kappa shape index (κ3) is 1.79. The summed E-state index contributed by atoms with van der Waals surface area (Å²) < 4.78 is 27.6. The maximum Gasteiger partial charge on any atom is 0.311 e. The molecule has 0 amide bonds. The summed E-state index contributed by atoms with van der Waals surface area (Å²) in [6.45, 7) is 0.312. The number of aromatic amines is 1. The van der Waals surface area contributed by atoms with Crippen LogP contribution in [0.4, 0.5) is 0 Å². The minimum Gasteiger partial charge on any atom is -0.481 e. The number of aliphatic carboxylic acids is 1. The van der Waals surface area contributed by atoms with Gasteiger partial charge in [-0.2, -0.15) is 4.31 Å². The van der Waals surface area contributed by atoms with Gasteiger partial charge < -0.3 is 10.1 Å². The number of aromatic nitrogens is 2. The van der Waals surface area contributed by atoms with Crippen molar-refractivity contribution in [1.29, 1.82) is 0 Å². The molecule has 1 saturated carbocycles. The lowest BCUT2D eigenvalue weighted by molar-refractivity contribution is -0.143. The highest BCUT2D eigenvalue weighted by Crippen LogP contribution is 2.58. The van der Waals surface area contributed by atoms with Crippen LogP contribution in [0.5, 0.6) is 0 Å². The van der Waals surface area contributed by atoms with E-state index in [4.69, 9.17) is 0 Å². The highest BCUT2D eigenvalue weighted by Gasteiger charge is 2.67. The van der Waals surface area contributed by atoms with Crippen LogP contribution < -0.4 is 0 Å². The molecule has 2 unspecified atom stereocenters. The number of hydrogen-bond donors (Lipinski definition) is 2. The Hall–Kier alpha value is -1.45. The number of rotatable bonds is 3. The molecular weight excluding hydrogens is 374 g/mol. The standard InChI is InChI=1S/C13H12BrN3O4S/c14-8-1-9-10(4-16-11(9)15-3-8)22(20,21)17-5-7-2-13(7,6-17)12(18)19/h1,3-4,7H,2,5-6H2,(H,15,16)(H,18,19). The van der Waals surface area contributed by atoms with Crippen LogP contribution in [0.15, 0.2) is 27.8 Å². The Bertz CT molecular complexity index is 909. The summed E-state index contributed by atoms with van der Waals surface area (Å²) in [6, 6.07) is 1.69. The maximum atomic E-state index is 12.8. The van der Waals surface area contributed by atoms with E-state index in [2.05, 4.69) is 25.9 Å². The summed E-state index contributed by atoms with van der Waals surface area (Å²) in [4.78, 5) is 18.4. The van der Waals surface area contributed by atoms with E-state index < -0.39 is 21.4 Å². The summed E-state index contributed by atoms with van der Waals surface area (Å²) in [6.07, 6.45) is 3.56. The van der Waals surface area contributed by atoms with E-state index in [0.29, 0.717) is 21.9 Å². The molecule has 22 heavy (non-hydrogen) atoms. The number of fused-ring (bicyclic) bond motifs is 2. The maximum absolute atomic E-state index is 12.8. The van der Waals surface area contributed by atoms with Gasteiger partial charge in [-0.05, 0) is 34.3 Å². The molecule has 0 spiro atoms. The molecular formula is C13H12BrN3O4S. The highest BCUT2D eigenvalue weighted by atomic mass is 79.9. The molecule has 1 aliphatic heterocycles. The molecule has 1 aliphatic carbocycles. The smallest absolute Gasteiger partial charge is 0.311 e. The molecule has 0 aromatic carbocycles. The van der Waals surface area contributed by atoms with E-state index in [1.54, 1.807) is 12.3 Å². The van der Waals surface area contributed by atoms with Crippen molar-refractivity contribution in [1.82, 2.24) is 14.3 Å². The molecule has 0 bridgehead atoms. The van der Waals surface area contributed by atoms with Crippen LogP contribution in [-0.2, 0) is 14.8 Å². The van der Waals surface area contributed by atoms with E-state index in [1.165, 1.54) is 10.5 Å². The molecule has 2 N–H and O–H groups in total. The van der Waals surface area contributed by atoms with Crippen molar-refractivity contribution in [2.45, 2.75) is 11.3 Å². The van der Waals surface area contributed by atoms with E-state index in [1.807, 2.05) is 0 Å². The zero-order chi connectivity index (χ0) is 15.7. The first-order chi connectivity index (χ1) is 10.3. The molecule has 3 heterocycles. The second-order valence-corrected chi connectivity index (χ2v) is 8.68. The van der Waals surface area contributed by atoms with Crippen molar-refractivity contribution in [2.24, 2.45) is 11.3 Å². The number of nitrogens with one attached hydrogen (secondary N) is 1. The van der Waals surface area contributed by atoms with Gasteiger partial charge in [0.25, 0.3) is 0 Å². The first kappa shape index (κ1) is 14.2. The number of piperidine rings is 1.